The molecule has 128 valence electrons. The maximum absolute atomic E-state index is 13.1. The maximum atomic E-state index is 13.1. The number of alkyl halides is 5. The van der Waals surface area contributed by atoms with E-state index in [1.807, 2.05) is 0 Å². The third kappa shape index (κ3) is 2.53. The molecule has 0 aromatic carbocycles. The standard InChI is InChI=1S/C13H18F5NO2S/c14-12(15,16)13(17,18)22(20,21)19-7-11-4-8-1-9(5-11)3-10(2-8)6-11/h8-10,19H,1-7H2. The zero-order chi connectivity index (χ0) is 16.4. The normalized spacial score (nSPS) is 38.5. The zero-order valence-corrected chi connectivity index (χ0v) is 12.6. The van der Waals surface area contributed by atoms with E-state index in [4.69, 9.17) is 0 Å². The lowest BCUT2D eigenvalue weighted by Crippen LogP contribution is -2.55. The van der Waals surface area contributed by atoms with Crippen molar-refractivity contribution in [2.75, 3.05) is 6.54 Å². The Balaban J connectivity index is 1.73. The van der Waals surface area contributed by atoms with Crippen LogP contribution in [-0.2, 0) is 10.0 Å². The van der Waals surface area contributed by atoms with Gasteiger partial charge in [0.15, 0.2) is 0 Å². The van der Waals surface area contributed by atoms with Crippen molar-refractivity contribution < 1.29 is 30.4 Å². The van der Waals surface area contributed by atoms with Crippen molar-refractivity contribution in [3.63, 3.8) is 0 Å². The van der Waals surface area contributed by atoms with Crippen molar-refractivity contribution in [1.82, 2.24) is 4.72 Å². The Labute approximate surface area is 125 Å². The van der Waals surface area contributed by atoms with Crippen molar-refractivity contribution in [1.29, 1.82) is 0 Å². The summed E-state index contributed by atoms with van der Waals surface area (Å²) in [6.07, 6.45) is -0.724. The van der Waals surface area contributed by atoms with Crippen LogP contribution in [-0.4, -0.2) is 26.4 Å². The van der Waals surface area contributed by atoms with Gasteiger partial charge in [0.2, 0.25) is 0 Å². The Bertz CT molecular complexity index is 522. The second kappa shape index (κ2) is 4.78. The molecule has 4 bridgehead atoms. The lowest BCUT2D eigenvalue weighted by Gasteiger charge is -2.56. The van der Waals surface area contributed by atoms with Crippen LogP contribution < -0.4 is 4.72 Å². The molecule has 0 unspecified atom stereocenters. The van der Waals surface area contributed by atoms with E-state index in [-0.39, 0.29) is 6.54 Å². The van der Waals surface area contributed by atoms with E-state index in [0.29, 0.717) is 17.8 Å². The molecule has 0 aromatic rings. The van der Waals surface area contributed by atoms with Crippen LogP contribution in [0.1, 0.15) is 38.5 Å². The Kier molecular flexibility index (Phi) is 3.57. The molecule has 0 atom stereocenters. The minimum absolute atomic E-state index is 0.315. The highest BCUT2D eigenvalue weighted by atomic mass is 32.2. The Hall–Kier alpha value is -0.440. The highest BCUT2D eigenvalue weighted by Gasteiger charge is 2.67. The van der Waals surface area contributed by atoms with Crippen molar-refractivity contribution in [3.8, 4) is 0 Å². The predicted molar refractivity (Wildman–Crippen MR) is 68.5 cm³/mol. The Morgan fingerprint density at radius 3 is 1.68 bits per heavy atom. The van der Waals surface area contributed by atoms with Gasteiger partial charge in [0.05, 0.1) is 0 Å². The predicted octanol–water partition coefficient (Wildman–Crippen LogP) is 3.28. The summed E-state index contributed by atoms with van der Waals surface area (Å²) in [4.78, 5) is 0. The maximum Gasteiger partial charge on any atom is 0.470 e. The number of hydrogen-bond donors (Lipinski definition) is 1. The smallest absolute Gasteiger partial charge is 0.209 e. The molecule has 3 nitrogen and oxygen atoms in total. The SMILES string of the molecule is O=S(=O)(NCC12CC3CC(CC(C3)C1)C2)C(F)(F)C(F)(F)F. The molecule has 0 aromatic heterocycles. The zero-order valence-electron chi connectivity index (χ0n) is 11.8. The van der Waals surface area contributed by atoms with Crippen LogP contribution in [0.3, 0.4) is 0 Å². The fourth-order valence-electron chi connectivity index (χ4n) is 5.00. The lowest BCUT2D eigenvalue weighted by atomic mass is 9.50. The highest BCUT2D eigenvalue weighted by Crippen LogP contribution is 2.59. The summed E-state index contributed by atoms with van der Waals surface area (Å²) >= 11 is 0. The number of rotatable bonds is 4. The van der Waals surface area contributed by atoms with Crippen LogP contribution in [0.2, 0.25) is 0 Å². The lowest BCUT2D eigenvalue weighted by molar-refractivity contribution is -0.241. The van der Waals surface area contributed by atoms with E-state index >= 15 is 0 Å². The summed E-state index contributed by atoms with van der Waals surface area (Å²) < 4.78 is 87.3. The van der Waals surface area contributed by atoms with Gasteiger partial charge in [-0.15, -0.1) is 0 Å². The molecule has 22 heavy (non-hydrogen) atoms. The molecule has 0 aliphatic heterocycles. The molecule has 4 aliphatic carbocycles. The minimum atomic E-state index is -6.11. The molecule has 4 saturated carbocycles. The summed E-state index contributed by atoms with van der Waals surface area (Å²) in [5.41, 5.74) is -0.441. The number of hydrogen-bond acceptors (Lipinski definition) is 2. The van der Waals surface area contributed by atoms with Gasteiger partial charge in [-0.1, -0.05) is 0 Å². The summed E-state index contributed by atoms with van der Waals surface area (Å²) in [5.74, 6) is 1.37. The van der Waals surface area contributed by atoms with Gasteiger partial charge in [-0.2, -0.15) is 22.0 Å². The summed E-state index contributed by atoms with van der Waals surface area (Å²) in [5, 5.41) is -5.76. The van der Waals surface area contributed by atoms with Crippen LogP contribution >= 0.6 is 0 Å². The highest BCUT2D eigenvalue weighted by molar-refractivity contribution is 7.90. The molecule has 4 aliphatic rings. The largest absolute Gasteiger partial charge is 0.470 e. The third-order valence-corrected chi connectivity index (χ3v) is 6.90. The van der Waals surface area contributed by atoms with Crippen molar-refractivity contribution in [2.24, 2.45) is 23.2 Å². The topological polar surface area (TPSA) is 46.2 Å². The van der Waals surface area contributed by atoms with E-state index in [1.165, 1.54) is 0 Å². The first kappa shape index (κ1) is 16.4. The third-order valence-electron chi connectivity index (χ3n) is 5.47. The van der Waals surface area contributed by atoms with Crippen molar-refractivity contribution in [2.45, 2.75) is 50.0 Å². The monoisotopic (exact) mass is 347 g/mol. The summed E-state index contributed by atoms with van der Waals surface area (Å²) in [7, 11) is -5.77. The first-order valence-corrected chi connectivity index (χ1v) is 8.86. The minimum Gasteiger partial charge on any atom is -0.209 e. The summed E-state index contributed by atoms with van der Waals surface area (Å²) in [6.45, 7) is -0.315. The number of halogens is 5. The van der Waals surface area contributed by atoms with Crippen LogP contribution in [0.15, 0.2) is 0 Å². The average Bonchev–Trinajstić information content (AvgIpc) is 2.33. The molecule has 0 radical (unpaired) electrons. The molecule has 4 rings (SSSR count). The molecule has 1 N–H and O–H groups in total. The first-order chi connectivity index (χ1) is 9.94. The van der Waals surface area contributed by atoms with Gasteiger partial charge in [-0.3, -0.25) is 0 Å². The van der Waals surface area contributed by atoms with Crippen molar-refractivity contribution in [3.05, 3.63) is 0 Å². The van der Waals surface area contributed by atoms with E-state index in [0.717, 1.165) is 38.5 Å². The quantitative estimate of drug-likeness (QED) is 0.794. The fourth-order valence-corrected chi connectivity index (χ4v) is 5.98. The van der Waals surface area contributed by atoms with E-state index in [2.05, 4.69) is 0 Å². The second-order valence-electron chi connectivity index (χ2n) is 7.26. The molecule has 0 amide bonds. The van der Waals surface area contributed by atoms with Crippen LogP contribution in [0.5, 0.6) is 0 Å². The van der Waals surface area contributed by atoms with Gasteiger partial charge in [0.1, 0.15) is 0 Å². The molecule has 0 spiro atoms. The first-order valence-electron chi connectivity index (χ1n) is 7.38. The average molecular weight is 347 g/mol. The molecule has 9 heteroatoms. The molecule has 0 saturated heterocycles. The van der Waals surface area contributed by atoms with Crippen LogP contribution in [0, 0.1) is 23.2 Å². The number of nitrogens with one attached hydrogen (secondary N) is 1. The van der Waals surface area contributed by atoms with E-state index in [1.54, 1.807) is 4.72 Å². The Morgan fingerprint density at radius 2 is 1.32 bits per heavy atom. The van der Waals surface area contributed by atoms with Gasteiger partial charge in [0, 0.05) is 6.54 Å². The molecule has 4 fully saturated rings. The second-order valence-corrected chi connectivity index (χ2v) is 9.06. The van der Waals surface area contributed by atoms with Gasteiger partial charge in [-0.25, -0.2) is 13.1 Å². The van der Waals surface area contributed by atoms with Gasteiger partial charge in [0.25, 0.3) is 10.0 Å². The molecular formula is C13H18F5NO2S. The van der Waals surface area contributed by atoms with E-state index < -0.39 is 26.9 Å². The number of sulfonamides is 1. The fraction of sp³-hybridized carbons (Fsp3) is 1.00. The molecule has 0 heterocycles. The van der Waals surface area contributed by atoms with Crippen LogP contribution in [0.25, 0.3) is 0 Å². The Morgan fingerprint density at radius 1 is 0.909 bits per heavy atom. The van der Waals surface area contributed by atoms with Gasteiger partial charge >= 0.3 is 11.4 Å². The van der Waals surface area contributed by atoms with Gasteiger partial charge in [-0.05, 0) is 61.7 Å². The van der Waals surface area contributed by atoms with Crippen LogP contribution in [0.4, 0.5) is 22.0 Å². The van der Waals surface area contributed by atoms with Gasteiger partial charge < -0.3 is 0 Å². The van der Waals surface area contributed by atoms with E-state index in [9.17, 15) is 30.4 Å². The molecular weight excluding hydrogens is 329 g/mol. The summed E-state index contributed by atoms with van der Waals surface area (Å²) in [6, 6.07) is 0. The van der Waals surface area contributed by atoms with Crippen molar-refractivity contribution >= 4 is 10.0 Å².